The van der Waals surface area contributed by atoms with Crippen molar-refractivity contribution in [1.29, 1.82) is 0 Å². The van der Waals surface area contributed by atoms with Crippen LogP contribution in [0.2, 0.25) is 0 Å². The lowest BCUT2D eigenvalue weighted by Gasteiger charge is -2.37. The molecule has 1 unspecified atom stereocenters. The third kappa shape index (κ3) is 2.66. The monoisotopic (exact) mass is 221 g/mol. The molecule has 1 atom stereocenters. The molecular formula is C8H19N3O2S. The number of hydrogen-bond donors (Lipinski definition) is 1. The number of nitrogens with zero attached hydrogens (tertiary/aromatic N) is 2. The molecule has 0 aliphatic carbocycles. The largest absolute Gasteiger partial charge is 0.329 e. The number of nitrogens with two attached hydrogens (primary N) is 1. The first-order valence-electron chi connectivity index (χ1n) is 4.85. The maximum absolute atomic E-state index is 11.7. The average molecular weight is 221 g/mol. The molecule has 0 bridgehead atoms. The molecule has 0 radical (unpaired) electrons. The van der Waals surface area contributed by atoms with Crippen LogP contribution in [-0.4, -0.2) is 62.6 Å². The number of hydrogen-bond acceptors (Lipinski definition) is 4. The van der Waals surface area contributed by atoms with Crippen molar-refractivity contribution in [3.63, 3.8) is 0 Å². The molecule has 0 spiro atoms. The van der Waals surface area contributed by atoms with Gasteiger partial charge in [0.25, 0.3) is 0 Å². The van der Waals surface area contributed by atoms with Crippen LogP contribution in [0.15, 0.2) is 0 Å². The van der Waals surface area contributed by atoms with Gasteiger partial charge in [-0.2, -0.15) is 4.31 Å². The summed E-state index contributed by atoms with van der Waals surface area (Å²) in [5.41, 5.74) is 5.28. The van der Waals surface area contributed by atoms with Crippen molar-refractivity contribution < 1.29 is 8.42 Å². The smallest absolute Gasteiger partial charge is 0.215 e. The molecule has 84 valence electrons. The van der Waals surface area contributed by atoms with Crippen LogP contribution < -0.4 is 5.73 Å². The number of piperazine rings is 1. The first kappa shape index (κ1) is 11.9. The van der Waals surface area contributed by atoms with Crippen molar-refractivity contribution in [3.05, 3.63) is 0 Å². The summed E-state index contributed by atoms with van der Waals surface area (Å²) < 4.78 is 25.0. The van der Waals surface area contributed by atoms with Gasteiger partial charge < -0.3 is 10.6 Å². The molecule has 1 aliphatic rings. The summed E-state index contributed by atoms with van der Waals surface area (Å²) in [6.45, 7) is 4.31. The summed E-state index contributed by atoms with van der Waals surface area (Å²) in [7, 11) is -1.12. The summed E-state index contributed by atoms with van der Waals surface area (Å²) in [5.74, 6) is 0.0566. The lowest BCUT2D eigenvalue weighted by atomic mass is 10.2. The maximum atomic E-state index is 11.7. The van der Waals surface area contributed by atoms with E-state index in [0.29, 0.717) is 6.54 Å². The lowest BCUT2D eigenvalue weighted by Crippen LogP contribution is -2.53. The summed E-state index contributed by atoms with van der Waals surface area (Å²) in [6, 6.07) is 0.0605. The quantitative estimate of drug-likeness (QED) is 0.658. The molecule has 0 aromatic carbocycles. The van der Waals surface area contributed by atoms with Crippen LogP contribution in [0.25, 0.3) is 0 Å². The average Bonchev–Trinajstić information content (AvgIpc) is 2.02. The SMILES string of the molecule is CC1CN(C)CCN1S(=O)(=O)CCN. The summed E-state index contributed by atoms with van der Waals surface area (Å²) in [5, 5.41) is 0. The maximum Gasteiger partial charge on any atom is 0.215 e. The Bertz CT molecular complexity index is 278. The first-order valence-corrected chi connectivity index (χ1v) is 6.46. The highest BCUT2D eigenvalue weighted by molar-refractivity contribution is 7.89. The molecular weight excluding hydrogens is 202 g/mol. The highest BCUT2D eigenvalue weighted by Gasteiger charge is 2.30. The van der Waals surface area contributed by atoms with Gasteiger partial charge in [-0.25, -0.2) is 8.42 Å². The van der Waals surface area contributed by atoms with Crippen LogP contribution in [0.5, 0.6) is 0 Å². The van der Waals surface area contributed by atoms with Crippen molar-refractivity contribution in [2.24, 2.45) is 5.73 Å². The van der Waals surface area contributed by atoms with Crippen LogP contribution >= 0.6 is 0 Å². The van der Waals surface area contributed by atoms with E-state index in [1.54, 1.807) is 4.31 Å². The van der Waals surface area contributed by atoms with Gasteiger partial charge in [0.15, 0.2) is 0 Å². The van der Waals surface area contributed by atoms with E-state index in [0.717, 1.165) is 13.1 Å². The van der Waals surface area contributed by atoms with Crippen LogP contribution in [0.4, 0.5) is 0 Å². The third-order valence-corrected chi connectivity index (χ3v) is 4.51. The van der Waals surface area contributed by atoms with Gasteiger partial charge in [-0.05, 0) is 14.0 Å². The van der Waals surface area contributed by atoms with Gasteiger partial charge in [0, 0.05) is 32.2 Å². The van der Waals surface area contributed by atoms with Crippen molar-refractivity contribution >= 4 is 10.0 Å². The molecule has 1 saturated heterocycles. The van der Waals surface area contributed by atoms with Crippen molar-refractivity contribution in [2.45, 2.75) is 13.0 Å². The molecule has 1 aliphatic heterocycles. The summed E-state index contributed by atoms with van der Waals surface area (Å²) in [4.78, 5) is 2.14. The van der Waals surface area contributed by atoms with Crippen LogP contribution in [0.3, 0.4) is 0 Å². The van der Waals surface area contributed by atoms with Crippen LogP contribution in [0, 0.1) is 0 Å². The molecule has 1 fully saturated rings. The van der Waals surface area contributed by atoms with Gasteiger partial charge >= 0.3 is 0 Å². The standard InChI is InChI=1S/C8H19N3O2S/c1-8-7-10(2)4-5-11(8)14(12,13)6-3-9/h8H,3-7,9H2,1-2H3. The third-order valence-electron chi connectivity index (χ3n) is 2.50. The van der Waals surface area contributed by atoms with E-state index >= 15 is 0 Å². The minimum Gasteiger partial charge on any atom is -0.329 e. The predicted octanol–water partition coefficient (Wildman–Crippen LogP) is -1.09. The Hall–Kier alpha value is -0.170. The van der Waals surface area contributed by atoms with Crippen molar-refractivity contribution in [1.82, 2.24) is 9.21 Å². The molecule has 0 saturated carbocycles. The van der Waals surface area contributed by atoms with Gasteiger partial charge in [-0.1, -0.05) is 0 Å². The van der Waals surface area contributed by atoms with E-state index in [1.807, 2.05) is 14.0 Å². The molecule has 5 nitrogen and oxygen atoms in total. The molecule has 2 N–H and O–H groups in total. The number of likely N-dealkylation sites (N-methyl/N-ethyl adjacent to an activating group) is 1. The van der Waals surface area contributed by atoms with Crippen LogP contribution in [-0.2, 0) is 10.0 Å². The highest BCUT2D eigenvalue weighted by Crippen LogP contribution is 2.12. The molecule has 6 heteroatoms. The van der Waals surface area contributed by atoms with E-state index in [9.17, 15) is 8.42 Å². The van der Waals surface area contributed by atoms with E-state index < -0.39 is 10.0 Å². The van der Waals surface area contributed by atoms with Gasteiger partial charge in [0.2, 0.25) is 10.0 Å². The second-order valence-corrected chi connectivity index (χ2v) is 5.87. The molecule has 14 heavy (non-hydrogen) atoms. The molecule has 0 amide bonds. The normalized spacial score (nSPS) is 26.6. The Labute approximate surface area is 85.9 Å². The van der Waals surface area contributed by atoms with E-state index in [2.05, 4.69) is 4.90 Å². The second-order valence-electron chi connectivity index (χ2n) is 3.83. The zero-order valence-electron chi connectivity index (χ0n) is 8.81. The van der Waals surface area contributed by atoms with Crippen molar-refractivity contribution in [2.75, 3.05) is 39.0 Å². The fourth-order valence-electron chi connectivity index (χ4n) is 1.80. The summed E-state index contributed by atoms with van der Waals surface area (Å²) >= 11 is 0. The minimum atomic E-state index is -3.12. The minimum absolute atomic E-state index is 0.0566. The van der Waals surface area contributed by atoms with E-state index in [-0.39, 0.29) is 18.3 Å². The summed E-state index contributed by atoms with van der Waals surface area (Å²) in [6.07, 6.45) is 0. The number of rotatable bonds is 3. The van der Waals surface area contributed by atoms with Gasteiger partial charge in [-0.15, -0.1) is 0 Å². The zero-order chi connectivity index (χ0) is 10.8. The van der Waals surface area contributed by atoms with Gasteiger partial charge in [0.05, 0.1) is 5.75 Å². The fourth-order valence-corrected chi connectivity index (χ4v) is 3.31. The van der Waals surface area contributed by atoms with Crippen LogP contribution in [0.1, 0.15) is 6.92 Å². The Kier molecular flexibility index (Phi) is 3.88. The first-order chi connectivity index (χ1) is 6.47. The Morgan fingerprint density at radius 1 is 1.43 bits per heavy atom. The van der Waals surface area contributed by atoms with Gasteiger partial charge in [-0.3, -0.25) is 0 Å². The topological polar surface area (TPSA) is 66.6 Å². The second kappa shape index (κ2) is 4.57. The van der Waals surface area contributed by atoms with E-state index in [4.69, 9.17) is 5.73 Å². The number of sulfonamides is 1. The van der Waals surface area contributed by atoms with E-state index in [1.165, 1.54) is 0 Å². The zero-order valence-corrected chi connectivity index (χ0v) is 9.63. The Morgan fingerprint density at radius 3 is 2.57 bits per heavy atom. The molecule has 0 aromatic rings. The highest BCUT2D eigenvalue weighted by atomic mass is 32.2. The Morgan fingerprint density at radius 2 is 2.07 bits per heavy atom. The fraction of sp³-hybridized carbons (Fsp3) is 1.00. The Balaban J connectivity index is 2.69. The molecule has 1 rings (SSSR count). The molecule has 1 heterocycles. The van der Waals surface area contributed by atoms with Crippen molar-refractivity contribution in [3.8, 4) is 0 Å². The molecule has 0 aromatic heterocycles. The van der Waals surface area contributed by atoms with Gasteiger partial charge in [0.1, 0.15) is 0 Å². The predicted molar refractivity (Wildman–Crippen MR) is 56.5 cm³/mol. The lowest BCUT2D eigenvalue weighted by molar-refractivity contribution is 0.170.